The van der Waals surface area contributed by atoms with E-state index in [0.717, 1.165) is 28.3 Å². The quantitative estimate of drug-likeness (QED) is 0.0950. The second-order valence-electron chi connectivity index (χ2n) is 11.3. The molecule has 0 aliphatic heterocycles. The number of carbonyl (C=O) groups excluding carboxylic acids is 2. The fraction of sp³-hybridized carbons (Fsp3) is 0.200. The molecule has 0 saturated heterocycles. The first-order chi connectivity index (χ1) is 22.9. The zero-order valence-electron chi connectivity index (χ0n) is 27.0. The highest BCUT2D eigenvalue weighted by atomic mass is 16.5. The van der Waals surface area contributed by atoms with E-state index in [2.05, 4.69) is 53.5 Å². The molecule has 0 bridgehead atoms. The summed E-state index contributed by atoms with van der Waals surface area (Å²) in [7, 11) is 3.04. The van der Waals surface area contributed by atoms with Gasteiger partial charge in [0.15, 0.2) is 5.78 Å². The number of nitrogens with zero attached hydrogens (tertiary/aromatic N) is 1. The van der Waals surface area contributed by atoms with Crippen molar-refractivity contribution in [3.8, 4) is 11.5 Å². The van der Waals surface area contributed by atoms with Gasteiger partial charge in [0.2, 0.25) is 0 Å². The van der Waals surface area contributed by atoms with E-state index in [-0.39, 0.29) is 5.78 Å². The summed E-state index contributed by atoms with van der Waals surface area (Å²) < 4.78 is 16.7. The number of carbonyl (C=O) groups is 2. The molecule has 7 heteroatoms. The molecular formula is C40H40N2O5. The Labute approximate surface area is 276 Å². The van der Waals surface area contributed by atoms with Gasteiger partial charge in [0, 0.05) is 35.5 Å². The van der Waals surface area contributed by atoms with Gasteiger partial charge in [-0.15, -0.1) is 0 Å². The third-order valence-electron chi connectivity index (χ3n) is 7.89. The van der Waals surface area contributed by atoms with Crippen molar-refractivity contribution in [2.24, 2.45) is 0 Å². The fourth-order valence-electron chi connectivity index (χ4n) is 5.42. The third-order valence-corrected chi connectivity index (χ3v) is 7.89. The van der Waals surface area contributed by atoms with Crippen LogP contribution in [0.5, 0.6) is 11.5 Å². The molecule has 240 valence electrons. The molecule has 0 fully saturated rings. The van der Waals surface area contributed by atoms with Crippen LogP contribution in [0.15, 0.2) is 127 Å². The summed E-state index contributed by atoms with van der Waals surface area (Å²) in [6.45, 7) is 3.97. The smallest absolute Gasteiger partial charge is 0.328 e. The summed E-state index contributed by atoms with van der Waals surface area (Å²) in [6.07, 6.45) is 0.364. The highest BCUT2D eigenvalue weighted by Gasteiger charge is 2.22. The normalized spacial score (nSPS) is 11.3. The number of benzene rings is 5. The Morgan fingerprint density at radius 1 is 0.745 bits per heavy atom. The van der Waals surface area contributed by atoms with E-state index in [1.807, 2.05) is 66.7 Å². The lowest BCUT2D eigenvalue weighted by atomic mass is 10.00. The first-order valence-electron chi connectivity index (χ1n) is 15.6. The average molecular weight is 629 g/mol. The van der Waals surface area contributed by atoms with E-state index in [4.69, 9.17) is 14.2 Å². The van der Waals surface area contributed by atoms with Crippen molar-refractivity contribution in [2.75, 3.05) is 37.6 Å². The predicted octanol–water partition coefficient (Wildman–Crippen LogP) is 7.52. The number of ether oxygens (including phenoxy) is 3. The van der Waals surface area contributed by atoms with Crippen LogP contribution in [0.4, 0.5) is 11.4 Å². The second-order valence-corrected chi connectivity index (χ2v) is 11.3. The van der Waals surface area contributed by atoms with Crippen LogP contribution in [0.2, 0.25) is 0 Å². The molecule has 47 heavy (non-hydrogen) atoms. The highest BCUT2D eigenvalue weighted by Crippen LogP contribution is 2.24. The number of ketones is 1. The Morgan fingerprint density at radius 2 is 1.49 bits per heavy atom. The van der Waals surface area contributed by atoms with Crippen LogP contribution >= 0.6 is 0 Å². The molecule has 0 aliphatic rings. The van der Waals surface area contributed by atoms with Crippen molar-refractivity contribution in [3.63, 3.8) is 0 Å². The maximum absolute atomic E-state index is 13.2. The Bertz CT molecular complexity index is 1770. The topological polar surface area (TPSA) is 77.1 Å². The van der Waals surface area contributed by atoms with Crippen LogP contribution in [0.3, 0.4) is 0 Å². The molecule has 1 N–H and O–H groups in total. The maximum atomic E-state index is 13.2. The minimum atomic E-state index is -0.698. The van der Waals surface area contributed by atoms with Crippen molar-refractivity contribution in [1.29, 1.82) is 0 Å². The van der Waals surface area contributed by atoms with Crippen molar-refractivity contribution in [1.82, 2.24) is 0 Å². The Morgan fingerprint density at radius 3 is 2.23 bits per heavy atom. The van der Waals surface area contributed by atoms with Crippen molar-refractivity contribution in [2.45, 2.75) is 25.9 Å². The molecule has 7 nitrogen and oxygen atoms in total. The molecule has 0 radical (unpaired) electrons. The van der Waals surface area contributed by atoms with Gasteiger partial charge in [0.1, 0.15) is 24.1 Å². The predicted molar refractivity (Wildman–Crippen MR) is 187 cm³/mol. The number of methoxy groups -OCH3 is 2. The number of hydrogen-bond donors (Lipinski definition) is 1. The molecule has 5 rings (SSSR count). The third kappa shape index (κ3) is 9.01. The summed E-state index contributed by atoms with van der Waals surface area (Å²) in [5.74, 6) is 1.03. The van der Waals surface area contributed by atoms with Crippen molar-refractivity contribution in [3.05, 3.63) is 155 Å². The van der Waals surface area contributed by atoms with E-state index in [1.165, 1.54) is 12.7 Å². The van der Waals surface area contributed by atoms with Crippen LogP contribution in [0, 0.1) is 6.92 Å². The summed E-state index contributed by atoms with van der Waals surface area (Å²) in [4.78, 5) is 28.4. The molecule has 0 aromatic heterocycles. The number of esters is 1. The van der Waals surface area contributed by atoms with E-state index in [0.29, 0.717) is 42.9 Å². The Balaban J connectivity index is 1.23. The lowest BCUT2D eigenvalue weighted by molar-refractivity contribution is -0.141. The number of hydrogen-bond acceptors (Lipinski definition) is 7. The van der Waals surface area contributed by atoms with Gasteiger partial charge in [0.25, 0.3) is 0 Å². The molecule has 0 saturated carbocycles. The van der Waals surface area contributed by atoms with Gasteiger partial charge >= 0.3 is 5.97 Å². The average Bonchev–Trinajstić information content (AvgIpc) is 3.11. The minimum absolute atomic E-state index is 0.122. The van der Waals surface area contributed by atoms with Crippen molar-refractivity contribution < 1.29 is 23.8 Å². The number of aryl methyl sites for hydroxylation is 1. The first-order valence-corrected chi connectivity index (χ1v) is 15.6. The van der Waals surface area contributed by atoms with Crippen LogP contribution in [0.1, 0.15) is 32.6 Å². The number of para-hydroxylation sites is 1. The minimum Gasteiger partial charge on any atom is -0.497 e. The fourth-order valence-corrected chi connectivity index (χ4v) is 5.42. The number of anilines is 2. The van der Waals surface area contributed by atoms with Crippen LogP contribution < -0.4 is 19.7 Å². The zero-order chi connectivity index (χ0) is 33.0. The van der Waals surface area contributed by atoms with E-state index in [1.54, 1.807) is 31.4 Å². The second kappa shape index (κ2) is 16.1. The first kappa shape index (κ1) is 32.8. The Hall–Kier alpha value is -5.56. The molecule has 0 amide bonds. The molecule has 0 heterocycles. The van der Waals surface area contributed by atoms with Gasteiger partial charge in [-0.05, 0) is 72.1 Å². The van der Waals surface area contributed by atoms with Crippen molar-refractivity contribution >= 4 is 23.1 Å². The standard InChI is InChI=1S/C40H40N2O5/c1-29-11-9-15-33(25-29)42(28-31-12-10-16-35(26-31)45-2)23-24-47-34-21-19-30(20-22-34)27-38(40(44)46-3)41-37-18-8-7-17-36(37)39(43)32-13-5-4-6-14-32/h4-22,25-26,38,41H,23-24,27-28H2,1-3H3/t38-/m0/s1. The number of nitrogens with one attached hydrogen (secondary N) is 1. The van der Waals surface area contributed by atoms with Gasteiger partial charge in [-0.3, -0.25) is 4.79 Å². The lowest BCUT2D eigenvalue weighted by Crippen LogP contribution is -2.33. The van der Waals surface area contributed by atoms with E-state index < -0.39 is 12.0 Å². The SMILES string of the molecule is COC(=O)[C@H](Cc1ccc(OCCN(Cc2cccc(OC)c2)c2cccc(C)c2)cc1)Nc1ccccc1C(=O)c1ccccc1. The zero-order valence-corrected chi connectivity index (χ0v) is 27.0. The largest absolute Gasteiger partial charge is 0.497 e. The lowest BCUT2D eigenvalue weighted by Gasteiger charge is -2.26. The van der Waals surface area contributed by atoms with Gasteiger partial charge in [-0.25, -0.2) is 4.79 Å². The molecule has 5 aromatic carbocycles. The van der Waals surface area contributed by atoms with Gasteiger partial charge in [-0.1, -0.05) is 78.9 Å². The van der Waals surface area contributed by atoms with Gasteiger partial charge in [-0.2, -0.15) is 0 Å². The van der Waals surface area contributed by atoms with Crippen LogP contribution in [0.25, 0.3) is 0 Å². The molecular weight excluding hydrogens is 588 g/mol. The molecule has 5 aromatic rings. The molecule has 0 aliphatic carbocycles. The molecule has 0 spiro atoms. The summed E-state index contributed by atoms with van der Waals surface area (Å²) in [5.41, 5.74) is 6.03. The summed E-state index contributed by atoms with van der Waals surface area (Å²) >= 11 is 0. The monoisotopic (exact) mass is 628 g/mol. The Kier molecular flexibility index (Phi) is 11.3. The van der Waals surface area contributed by atoms with Crippen LogP contribution in [-0.2, 0) is 22.5 Å². The summed E-state index contributed by atoms with van der Waals surface area (Å²) in [5, 5.41) is 3.27. The summed E-state index contributed by atoms with van der Waals surface area (Å²) in [6, 6.07) is 39.9. The molecule has 0 unspecified atom stereocenters. The van der Waals surface area contributed by atoms with Gasteiger partial charge < -0.3 is 24.4 Å². The van der Waals surface area contributed by atoms with E-state index in [9.17, 15) is 9.59 Å². The van der Waals surface area contributed by atoms with Crippen LogP contribution in [-0.4, -0.2) is 45.2 Å². The van der Waals surface area contributed by atoms with E-state index >= 15 is 0 Å². The molecule has 1 atom stereocenters. The van der Waals surface area contributed by atoms with Gasteiger partial charge in [0.05, 0.1) is 20.8 Å². The highest BCUT2D eigenvalue weighted by molar-refractivity contribution is 6.12. The number of rotatable bonds is 15. The maximum Gasteiger partial charge on any atom is 0.328 e.